The van der Waals surface area contributed by atoms with Gasteiger partial charge in [0.2, 0.25) is 10.0 Å². The molecular weight excluding hydrogens is 285 g/mol. The zero-order valence-electron chi connectivity index (χ0n) is 11.3. The van der Waals surface area contributed by atoms with Gasteiger partial charge in [0.15, 0.2) is 0 Å². The van der Waals surface area contributed by atoms with Gasteiger partial charge in [0.25, 0.3) is 0 Å². The number of sulfonamides is 1. The third kappa shape index (κ3) is 5.26. The summed E-state index contributed by atoms with van der Waals surface area (Å²) in [6, 6.07) is 5.12. The van der Waals surface area contributed by atoms with Crippen LogP contribution in [0.25, 0.3) is 0 Å². The van der Waals surface area contributed by atoms with Crippen LogP contribution >= 0.6 is 0 Å². The topological polar surface area (TPSA) is 83.5 Å². The summed E-state index contributed by atoms with van der Waals surface area (Å²) in [5.41, 5.74) is 0.440. The fraction of sp³-hybridized carbons (Fsp3) is 0.462. The van der Waals surface area contributed by atoms with Gasteiger partial charge in [0, 0.05) is 6.54 Å². The summed E-state index contributed by atoms with van der Waals surface area (Å²) in [6.07, 6.45) is 0. The quantitative estimate of drug-likeness (QED) is 0.801. The van der Waals surface area contributed by atoms with Crippen LogP contribution in [0.15, 0.2) is 24.3 Å². The predicted molar refractivity (Wildman–Crippen MR) is 73.0 cm³/mol. The summed E-state index contributed by atoms with van der Waals surface area (Å²) < 4.78 is 38.7. The van der Waals surface area contributed by atoms with Gasteiger partial charge in [-0.3, -0.25) is 4.79 Å². The lowest BCUT2D eigenvalue weighted by Crippen LogP contribution is -2.36. The fourth-order valence-corrected chi connectivity index (χ4v) is 2.84. The summed E-state index contributed by atoms with van der Waals surface area (Å²) in [5.74, 6) is -2.74. The summed E-state index contributed by atoms with van der Waals surface area (Å²) >= 11 is 0. The van der Waals surface area contributed by atoms with Crippen molar-refractivity contribution in [1.82, 2.24) is 4.72 Å². The standard InChI is InChI=1S/C13H18FNO4S/c1-9(2)12(13(16)17)7-15-20(18,19)8-10-3-5-11(14)6-4-10/h3-6,9,12,15H,7-8H2,1-2H3,(H,16,17). The molecule has 0 aromatic heterocycles. The fourth-order valence-electron chi connectivity index (χ4n) is 1.68. The molecule has 1 rings (SSSR count). The molecule has 7 heteroatoms. The van der Waals surface area contributed by atoms with Crippen LogP contribution < -0.4 is 4.72 Å². The number of benzene rings is 1. The van der Waals surface area contributed by atoms with Crippen molar-refractivity contribution in [3.8, 4) is 0 Å². The molecule has 1 atom stereocenters. The Kier molecular flexibility index (Phi) is 5.64. The monoisotopic (exact) mass is 303 g/mol. The Morgan fingerprint density at radius 1 is 1.30 bits per heavy atom. The van der Waals surface area contributed by atoms with E-state index in [0.29, 0.717) is 5.56 Å². The zero-order valence-corrected chi connectivity index (χ0v) is 12.2. The van der Waals surface area contributed by atoms with Crippen molar-refractivity contribution >= 4 is 16.0 Å². The molecule has 1 unspecified atom stereocenters. The maximum absolute atomic E-state index is 12.7. The molecule has 1 aromatic rings. The predicted octanol–water partition coefficient (Wildman–Crippen LogP) is 1.60. The second kappa shape index (κ2) is 6.81. The Bertz CT molecular complexity index is 554. The van der Waals surface area contributed by atoms with Crippen LogP contribution in [-0.4, -0.2) is 26.0 Å². The van der Waals surface area contributed by atoms with Gasteiger partial charge < -0.3 is 5.11 Å². The SMILES string of the molecule is CC(C)C(CNS(=O)(=O)Cc1ccc(F)cc1)C(=O)O. The smallest absolute Gasteiger partial charge is 0.308 e. The number of aliphatic carboxylic acids is 1. The maximum atomic E-state index is 12.7. The van der Waals surface area contributed by atoms with Crippen molar-refractivity contribution in [3.63, 3.8) is 0 Å². The summed E-state index contributed by atoms with van der Waals surface area (Å²) in [5, 5.41) is 8.98. The van der Waals surface area contributed by atoms with Crippen molar-refractivity contribution in [2.24, 2.45) is 11.8 Å². The number of carboxylic acid groups (broad SMARTS) is 1. The minimum Gasteiger partial charge on any atom is -0.481 e. The summed E-state index contributed by atoms with van der Waals surface area (Å²) in [4.78, 5) is 11.0. The second-order valence-electron chi connectivity index (χ2n) is 4.92. The minimum atomic E-state index is -3.65. The number of hydrogen-bond donors (Lipinski definition) is 2. The van der Waals surface area contributed by atoms with Crippen molar-refractivity contribution in [1.29, 1.82) is 0 Å². The van der Waals surface area contributed by atoms with Crippen LogP contribution in [0.4, 0.5) is 4.39 Å². The Labute approximate surface area is 117 Å². The first-order valence-electron chi connectivity index (χ1n) is 6.16. The molecule has 0 aliphatic heterocycles. The van der Waals surface area contributed by atoms with Crippen molar-refractivity contribution in [2.75, 3.05) is 6.54 Å². The normalized spacial score (nSPS) is 13.4. The largest absolute Gasteiger partial charge is 0.481 e. The van der Waals surface area contributed by atoms with E-state index in [2.05, 4.69) is 4.72 Å². The number of carboxylic acids is 1. The van der Waals surface area contributed by atoms with Crippen molar-refractivity contribution in [2.45, 2.75) is 19.6 Å². The molecule has 0 spiro atoms. The van der Waals surface area contributed by atoms with E-state index in [9.17, 15) is 17.6 Å². The van der Waals surface area contributed by atoms with E-state index in [1.807, 2.05) is 0 Å². The van der Waals surface area contributed by atoms with E-state index >= 15 is 0 Å². The molecule has 112 valence electrons. The van der Waals surface area contributed by atoms with Crippen LogP contribution in [-0.2, 0) is 20.6 Å². The lowest BCUT2D eigenvalue weighted by molar-refractivity contribution is -0.142. The average molecular weight is 303 g/mol. The van der Waals surface area contributed by atoms with E-state index in [1.54, 1.807) is 13.8 Å². The highest BCUT2D eigenvalue weighted by Crippen LogP contribution is 2.11. The number of carbonyl (C=O) groups is 1. The first-order valence-corrected chi connectivity index (χ1v) is 7.81. The van der Waals surface area contributed by atoms with E-state index in [0.717, 1.165) is 0 Å². The Morgan fingerprint density at radius 2 is 1.85 bits per heavy atom. The van der Waals surface area contributed by atoms with Gasteiger partial charge in [0.05, 0.1) is 11.7 Å². The Balaban J connectivity index is 2.66. The van der Waals surface area contributed by atoms with Crippen LogP contribution in [0.5, 0.6) is 0 Å². The van der Waals surface area contributed by atoms with E-state index in [4.69, 9.17) is 5.11 Å². The highest BCUT2D eigenvalue weighted by atomic mass is 32.2. The Morgan fingerprint density at radius 3 is 2.30 bits per heavy atom. The van der Waals surface area contributed by atoms with Gasteiger partial charge in [-0.05, 0) is 23.6 Å². The molecule has 0 aliphatic rings. The number of hydrogen-bond acceptors (Lipinski definition) is 3. The third-order valence-corrected chi connectivity index (χ3v) is 4.23. The van der Waals surface area contributed by atoms with Gasteiger partial charge >= 0.3 is 5.97 Å². The molecule has 0 amide bonds. The molecule has 2 N–H and O–H groups in total. The van der Waals surface area contributed by atoms with Crippen LogP contribution in [0.1, 0.15) is 19.4 Å². The average Bonchev–Trinajstić information content (AvgIpc) is 2.31. The molecule has 0 bridgehead atoms. The van der Waals surface area contributed by atoms with E-state index < -0.39 is 27.7 Å². The van der Waals surface area contributed by atoms with Gasteiger partial charge in [-0.1, -0.05) is 26.0 Å². The number of halogens is 1. The lowest BCUT2D eigenvalue weighted by Gasteiger charge is -2.16. The molecule has 0 heterocycles. The van der Waals surface area contributed by atoms with Gasteiger partial charge in [-0.25, -0.2) is 17.5 Å². The second-order valence-corrected chi connectivity index (χ2v) is 6.73. The number of nitrogens with one attached hydrogen (secondary N) is 1. The van der Waals surface area contributed by atoms with Crippen molar-refractivity contribution < 1.29 is 22.7 Å². The minimum absolute atomic E-state index is 0.156. The highest BCUT2D eigenvalue weighted by Gasteiger charge is 2.23. The van der Waals surface area contributed by atoms with Gasteiger partial charge in [0.1, 0.15) is 5.82 Å². The molecule has 0 saturated carbocycles. The molecule has 1 aromatic carbocycles. The third-order valence-electron chi connectivity index (χ3n) is 2.92. The first kappa shape index (κ1) is 16.6. The molecule has 0 fully saturated rings. The van der Waals surface area contributed by atoms with Crippen LogP contribution in [0.2, 0.25) is 0 Å². The van der Waals surface area contributed by atoms with Crippen LogP contribution in [0.3, 0.4) is 0 Å². The molecule has 20 heavy (non-hydrogen) atoms. The van der Waals surface area contributed by atoms with E-state index in [-0.39, 0.29) is 18.2 Å². The molecular formula is C13H18FNO4S. The van der Waals surface area contributed by atoms with Gasteiger partial charge in [-0.15, -0.1) is 0 Å². The molecule has 0 saturated heterocycles. The lowest BCUT2D eigenvalue weighted by atomic mass is 9.97. The molecule has 0 radical (unpaired) electrons. The Hall–Kier alpha value is -1.47. The maximum Gasteiger partial charge on any atom is 0.308 e. The summed E-state index contributed by atoms with van der Waals surface area (Å²) in [7, 11) is -3.65. The highest BCUT2D eigenvalue weighted by molar-refractivity contribution is 7.88. The van der Waals surface area contributed by atoms with Gasteiger partial charge in [-0.2, -0.15) is 0 Å². The van der Waals surface area contributed by atoms with Crippen LogP contribution in [0, 0.1) is 17.7 Å². The first-order chi connectivity index (χ1) is 9.21. The number of rotatable bonds is 7. The zero-order chi connectivity index (χ0) is 15.3. The molecule has 5 nitrogen and oxygen atoms in total. The molecule has 0 aliphatic carbocycles. The summed E-state index contributed by atoms with van der Waals surface area (Å²) in [6.45, 7) is 3.27. The van der Waals surface area contributed by atoms with Crippen molar-refractivity contribution in [3.05, 3.63) is 35.6 Å². The van der Waals surface area contributed by atoms with E-state index in [1.165, 1.54) is 24.3 Å².